The second-order valence-corrected chi connectivity index (χ2v) is 22.9. The van der Waals surface area contributed by atoms with Gasteiger partial charge in [-0.05, 0) is 102 Å². The fourth-order valence-corrected chi connectivity index (χ4v) is 16.0. The van der Waals surface area contributed by atoms with Gasteiger partial charge in [-0.3, -0.25) is 0 Å². The molecule has 2 aliphatic heterocycles. The minimum absolute atomic E-state index is 0.252. The van der Waals surface area contributed by atoms with Gasteiger partial charge in [0.2, 0.25) is 0 Å². The zero-order valence-corrected chi connectivity index (χ0v) is 41.3. The number of hydrogen-bond donors (Lipinski definition) is 0. The largest absolute Gasteiger partial charge is 0.181 e. The van der Waals surface area contributed by atoms with E-state index in [9.17, 15) is 0 Å². The lowest BCUT2D eigenvalue weighted by atomic mass is 9.61. The van der Waals surface area contributed by atoms with Crippen molar-refractivity contribution >= 4 is 0 Å². The molecular weight excluding hydrogens is 873 g/mol. The van der Waals surface area contributed by atoms with E-state index in [1.165, 1.54) is 89.0 Å². The van der Waals surface area contributed by atoms with Gasteiger partial charge in [-0.25, -0.2) is 0 Å². The standard InChI is InChI=1S/C68H56N4/c1-63(2)65-55-35-27-51(28-36-55)47-19-11-43(12-20-47)45-15-23-49(24-16-45)53-31-39-57(40-32-53)67-61-9-6-10-62(61)68(72-71-67,64(67,3)4)58-41-33-54(34-42-58)50-25-17-46(18-26-50)44-13-21-48(22-14-44)52-29-37-56(38-30-52)66(63,70-69-65)60-8-5-7-59(60)65/h5-7,9,11-42,59-62H,8,10H2,1-4H3. The number of fused-ring (bicyclic) bond motifs is 2. The molecule has 8 unspecified atom stereocenters. The van der Waals surface area contributed by atoms with E-state index in [0.717, 1.165) is 12.8 Å². The molecule has 8 aromatic carbocycles. The average Bonchev–Trinajstić information content (AvgIpc) is 4.28. The van der Waals surface area contributed by atoms with E-state index in [4.69, 9.17) is 20.5 Å². The highest BCUT2D eigenvalue weighted by molar-refractivity contribution is 5.76. The fourth-order valence-electron chi connectivity index (χ4n) is 16.0. The van der Waals surface area contributed by atoms with Crippen molar-refractivity contribution in [2.45, 2.75) is 62.7 Å². The summed E-state index contributed by atoms with van der Waals surface area (Å²) < 4.78 is 0. The Morgan fingerprint density at radius 1 is 0.264 bits per heavy atom. The minimum atomic E-state index is -0.453. The van der Waals surface area contributed by atoms with E-state index in [1.54, 1.807) is 0 Å². The summed E-state index contributed by atoms with van der Waals surface area (Å²) in [5.41, 5.74) is 17.2. The number of benzene rings is 8. The Balaban J connectivity index is 0.811. The van der Waals surface area contributed by atoms with Crippen molar-refractivity contribution in [2.24, 2.45) is 55.0 Å². The molecule has 348 valence electrons. The van der Waals surface area contributed by atoms with Crippen LogP contribution in [0, 0.1) is 34.5 Å². The summed E-state index contributed by atoms with van der Waals surface area (Å²) in [6, 6.07) is 73.2. The summed E-state index contributed by atoms with van der Waals surface area (Å²) in [5.74, 6) is 1.25. The molecule has 20 bridgehead atoms. The van der Waals surface area contributed by atoms with Crippen LogP contribution in [0.25, 0.3) is 66.8 Å². The van der Waals surface area contributed by atoms with Gasteiger partial charge in [-0.2, -0.15) is 20.5 Å². The third-order valence-corrected chi connectivity index (χ3v) is 19.8. The highest BCUT2D eigenvalue weighted by atomic mass is 15.3. The average molecular weight is 929 g/mol. The van der Waals surface area contributed by atoms with Gasteiger partial charge >= 0.3 is 0 Å². The van der Waals surface area contributed by atoms with E-state index in [0.29, 0.717) is 11.8 Å². The van der Waals surface area contributed by atoms with E-state index < -0.39 is 22.2 Å². The first-order valence-electron chi connectivity index (χ1n) is 26.2. The molecule has 4 heteroatoms. The molecule has 2 fully saturated rings. The van der Waals surface area contributed by atoms with Crippen LogP contribution in [0.4, 0.5) is 0 Å². The molecule has 27 rings (SSSR count). The highest BCUT2D eigenvalue weighted by Gasteiger charge is 2.79. The van der Waals surface area contributed by atoms with Crippen molar-refractivity contribution in [3.8, 4) is 66.8 Å². The van der Waals surface area contributed by atoms with Gasteiger partial charge in [0.15, 0.2) is 0 Å². The molecule has 0 spiro atoms. The lowest BCUT2D eigenvalue weighted by molar-refractivity contribution is 0.150. The van der Waals surface area contributed by atoms with E-state index in [2.05, 4.69) is 246 Å². The molecule has 19 aliphatic rings. The minimum Gasteiger partial charge on any atom is -0.181 e. The van der Waals surface area contributed by atoms with Gasteiger partial charge in [-0.1, -0.05) is 246 Å². The van der Waals surface area contributed by atoms with Gasteiger partial charge in [-0.15, -0.1) is 0 Å². The van der Waals surface area contributed by atoms with Crippen LogP contribution in [0.2, 0.25) is 0 Å². The molecular formula is C68H56N4. The highest BCUT2D eigenvalue weighted by Crippen LogP contribution is 2.78. The van der Waals surface area contributed by atoms with Crippen molar-refractivity contribution in [3.05, 3.63) is 241 Å². The molecule has 2 heterocycles. The first-order valence-corrected chi connectivity index (χ1v) is 26.2. The van der Waals surface area contributed by atoms with E-state index in [1.807, 2.05) is 0 Å². The Morgan fingerprint density at radius 2 is 0.444 bits per heavy atom. The molecule has 72 heavy (non-hydrogen) atoms. The maximum atomic E-state index is 5.38. The zero-order chi connectivity index (χ0) is 48.2. The Hall–Kier alpha value is -7.56. The molecule has 0 saturated heterocycles. The molecule has 8 atom stereocenters. The van der Waals surface area contributed by atoms with Crippen LogP contribution in [0.3, 0.4) is 0 Å². The smallest absolute Gasteiger partial charge is 0.121 e. The van der Waals surface area contributed by atoms with Gasteiger partial charge in [0.25, 0.3) is 0 Å². The summed E-state index contributed by atoms with van der Waals surface area (Å²) in [6.45, 7) is 9.68. The van der Waals surface area contributed by atoms with Crippen LogP contribution in [-0.4, -0.2) is 0 Å². The molecule has 0 aromatic heterocycles. The van der Waals surface area contributed by atoms with Crippen molar-refractivity contribution in [1.82, 2.24) is 0 Å². The Kier molecular flexibility index (Phi) is 8.51. The van der Waals surface area contributed by atoms with Crippen molar-refractivity contribution in [2.75, 3.05) is 0 Å². The fraction of sp³-hybridized carbons (Fsp3) is 0.235. The van der Waals surface area contributed by atoms with Gasteiger partial charge in [0.1, 0.15) is 22.2 Å². The molecule has 0 N–H and O–H groups in total. The summed E-state index contributed by atoms with van der Waals surface area (Å²) in [6.07, 6.45) is 11.7. The maximum absolute atomic E-state index is 5.38. The number of nitrogens with zero attached hydrogens (tertiary/aromatic N) is 4. The molecule has 4 nitrogen and oxygen atoms in total. The summed E-state index contributed by atoms with van der Waals surface area (Å²) in [7, 11) is 0. The summed E-state index contributed by atoms with van der Waals surface area (Å²) >= 11 is 0. The van der Waals surface area contributed by atoms with Crippen LogP contribution >= 0.6 is 0 Å². The van der Waals surface area contributed by atoms with E-state index >= 15 is 0 Å². The van der Waals surface area contributed by atoms with Crippen molar-refractivity contribution < 1.29 is 0 Å². The van der Waals surface area contributed by atoms with Gasteiger partial charge in [0, 0.05) is 34.5 Å². The second kappa shape index (κ2) is 14.5. The van der Waals surface area contributed by atoms with Crippen molar-refractivity contribution in [1.29, 1.82) is 0 Å². The third-order valence-electron chi connectivity index (χ3n) is 19.8. The van der Waals surface area contributed by atoms with Crippen LogP contribution in [0.1, 0.15) is 62.8 Å². The Morgan fingerprint density at radius 3 is 0.667 bits per heavy atom. The number of azo groups is 2. The third kappa shape index (κ3) is 5.13. The zero-order valence-electron chi connectivity index (χ0n) is 41.3. The van der Waals surface area contributed by atoms with E-state index in [-0.39, 0.29) is 22.7 Å². The molecule has 2 saturated carbocycles. The Labute approximate surface area is 423 Å². The normalized spacial score (nSPS) is 29.5. The van der Waals surface area contributed by atoms with Crippen LogP contribution < -0.4 is 0 Å². The summed E-state index contributed by atoms with van der Waals surface area (Å²) in [4.78, 5) is 0. The first-order chi connectivity index (χ1) is 35.1. The second-order valence-electron chi connectivity index (χ2n) is 22.9. The predicted octanol–water partition coefficient (Wildman–Crippen LogP) is 17.6. The molecule has 8 aromatic rings. The van der Waals surface area contributed by atoms with Crippen molar-refractivity contribution in [3.63, 3.8) is 0 Å². The lowest BCUT2D eigenvalue weighted by Gasteiger charge is -2.41. The van der Waals surface area contributed by atoms with Crippen LogP contribution in [-0.2, 0) is 22.2 Å². The van der Waals surface area contributed by atoms with Crippen LogP contribution in [0.5, 0.6) is 0 Å². The molecule has 17 aliphatic carbocycles. The SMILES string of the molecule is CC1(C)C23N=NC1(c1ccc(cc1)-c1ccc(cc1)-c1ccc(cc1)-c1ccc(cc1)C14N=NC(c5ccc(cc5)-c5ccc(cc5)-c5ccc(cc5)-c5ccc2cc5)(C2C=CCC21)C4(C)C)C1CC=CC13. The Bertz CT molecular complexity index is 3360. The topological polar surface area (TPSA) is 49.4 Å². The number of hydrogen-bond acceptors (Lipinski definition) is 4. The quantitative estimate of drug-likeness (QED) is 0.136. The summed E-state index contributed by atoms with van der Waals surface area (Å²) in [5, 5.41) is 21.5. The molecule has 0 radical (unpaired) electrons. The lowest BCUT2D eigenvalue weighted by Crippen LogP contribution is -2.44. The van der Waals surface area contributed by atoms with Gasteiger partial charge in [0.05, 0.1) is 0 Å². The maximum Gasteiger partial charge on any atom is 0.121 e. The number of allylic oxidation sites excluding steroid dienone is 2. The predicted molar refractivity (Wildman–Crippen MR) is 291 cm³/mol. The number of rotatable bonds is 0. The first kappa shape index (κ1) is 42.2. The van der Waals surface area contributed by atoms with Gasteiger partial charge < -0.3 is 0 Å². The molecule has 0 amide bonds. The van der Waals surface area contributed by atoms with Crippen LogP contribution in [0.15, 0.2) is 239 Å². The monoisotopic (exact) mass is 928 g/mol.